The van der Waals surface area contributed by atoms with Crippen LogP contribution in [0.4, 0.5) is 0 Å². The van der Waals surface area contributed by atoms with Gasteiger partial charge in [-0.1, -0.05) is 24.3 Å². The third kappa shape index (κ3) is 2.34. The molecule has 0 saturated carbocycles. The number of nitrogens with zero attached hydrogens (tertiary/aromatic N) is 1. The summed E-state index contributed by atoms with van der Waals surface area (Å²) < 4.78 is 0. The molecule has 0 bridgehead atoms. The molecule has 94 valence electrons. The minimum atomic E-state index is 0. The molecule has 0 saturated heterocycles. The van der Waals surface area contributed by atoms with Crippen LogP contribution in [0.3, 0.4) is 0 Å². The van der Waals surface area contributed by atoms with Gasteiger partial charge in [0.25, 0.3) is 0 Å². The Morgan fingerprint density at radius 1 is 1.16 bits per heavy atom. The molecule has 3 rings (SSSR count). The average molecular weight is 374 g/mol. The van der Waals surface area contributed by atoms with E-state index in [1.165, 1.54) is 32.8 Å². The quantitative estimate of drug-likeness (QED) is 0.350. The molecule has 1 heterocycles. The van der Waals surface area contributed by atoms with Crippen molar-refractivity contribution < 1.29 is 0 Å². The number of aryl methyl sites for hydroxylation is 1. The summed E-state index contributed by atoms with van der Waals surface area (Å²) in [4.78, 5) is 4.56. The summed E-state index contributed by atoms with van der Waals surface area (Å²) in [6.45, 7) is 4.25. The van der Waals surface area contributed by atoms with Gasteiger partial charge in [-0.05, 0) is 42.0 Å². The van der Waals surface area contributed by atoms with Gasteiger partial charge >= 0.3 is 0 Å². The van der Waals surface area contributed by atoms with Gasteiger partial charge in [-0.15, -0.1) is 11.6 Å². The number of pyridine rings is 1. The van der Waals surface area contributed by atoms with Crippen LogP contribution in [-0.4, -0.2) is 28.9 Å². The fourth-order valence-electron chi connectivity index (χ4n) is 2.51. The molecule has 0 spiro atoms. The maximum absolute atomic E-state index is 6.16. The zero-order valence-corrected chi connectivity index (χ0v) is 14.6. The first-order chi connectivity index (χ1) is 8.72. The second kappa shape index (κ2) is 5.68. The van der Waals surface area contributed by atoms with Gasteiger partial charge in [0, 0.05) is 46.8 Å². The molecule has 4 radical (unpaired) electrons. The van der Waals surface area contributed by atoms with Crippen LogP contribution in [0.25, 0.3) is 21.7 Å². The van der Waals surface area contributed by atoms with Crippen molar-refractivity contribution in [1.82, 2.24) is 4.98 Å². The third-order valence-corrected chi connectivity index (χ3v) is 3.93. The minimum absolute atomic E-state index is 0. The summed E-state index contributed by atoms with van der Waals surface area (Å²) in [7, 11) is 0. The Morgan fingerprint density at radius 3 is 2.63 bits per heavy atom. The van der Waals surface area contributed by atoms with Crippen LogP contribution in [0.1, 0.15) is 16.7 Å². The monoisotopic (exact) mass is 375 g/mol. The van der Waals surface area contributed by atoms with Crippen molar-refractivity contribution in [2.75, 3.05) is 0 Å². The van der Waals surface area contributed by atoms with Gasteiger partial charge in [0.05, 0.1) is 5.52 Å². The van der Waals surface area contributed by atoms with Crippen LogP contribution < -0.4 is 0 Å². The summed E-state index contributed by atoms with van der Waals surface area (Å²) in [5.41, 5.74) is 4.76. The zero-order valence-electron chi connectivity index (χ0n) is 11.0. The van der Waals surface area contributed by atoms with Crippen molar-refractivity contribution in [3.8, 4) is 0 Å². The number of hydrogen-bond donors (Lipinski definition) is 0. The predicted molar refractivity (Wildman–Crippen MR) is 84.0 cm³/mol. The molecule has 0 aliphatic rings. The molecule has 3 aromatic rings. The van der Waals surface area contributed by atoms with Gasteiger partial charge in [-0.3, -0.25) is 4.98 Å². The summed E-state index contributed by atoms with van der Waals surface area (Å²) in [5, 5.41) is 3.60. The molecule has 0 aliphatic heterocycles. The van der Waals surface area contributed by atoms with E-state index in [1.807, 2.05) is 12.3 Å². The number of hydrogen-bond acceptors (Lipinski definition) is 1. The Balaban J connectivity index is 0.00000133. The van der Waals surface area contributed by atoms with Gasteiger partial charge < -0.3 is 0 Å². The Labute approximate surface area is 134 Å². The number of benzene rings is 2. The molecule has 2 aromatic carbocycles. The Bertz CT molecular complexity index is 752. The van der Waals surface area contributed by atoms with Crippen LogP contribution >= 0.6 is 11.6 Å². The molecule has 1 nitrogen and oxygen atoms in total. The van der Waals surface area contributed by atoms with Crippen LogP contribution in [-0.2, 0) is 5.88 Å². The van der Waals surface area contributed by atoms with Crippen LogP contribution in [0.2, 0.25) is 0 Å². The van der Waals surface area contributed by atoms with E-state index in [4.69, 9.17) is 11.6 Å². The number of aromatic nitrogens is 1. The minimum Gasteiger partial charge on any atom is -0.256 e. The van der Waals surface area contributed by atoms with Crippen molar-refractivity contribution in [3.63, 3.8) is 0 Å². The Hall–Kier alpha value is -0.801. The van der Waals surface area contributed by atoms with Gasteiger partial charge in [0.2, 0.25) is 0 Å². The van der Waals surface area contributed by atoms with Crippen LogP contribution in [0, 0.1) is 13.8 Å². The van der Waals surface area contributed by atoms with Crippen LogP contribution in [0.5, 0.6) is 0 Å². The zero-order chi connectivity index (χ0) is 12.7. The summed E-state index contributed by atoms with van der Waals surface area (Å²) in [6.07, 6.45) is 1.93. The second-order valence-corrected chi connectivity index (χ2v) is 4.94. The molecular weight excluding hydrogens is 360 g/mol. The number of fused-ring (bicyclic) bond motifs is 3. The van der Waals surface area contributed by atoms with E-state index in [0.29, 0.717) is 5.88 Å². The number of rotatable bonds is 1. The van der Waals surface area contributed by atoms with Crippen molar-refractivity contribution in [1.29, 1.82) is 0 Å². The Kier molecular flexibility index (Phi) is 4.36. The molecule has 0 amide bonds. The average Bonchev–Trinajstić information content (AvgIpc) is 2.40. The summed E-state index contributed by atoms with van der Waals surface area (Å²) >= 11 is 6.16. The topological polar surface area (TPSA) is 12.9 Å². The molecule has 0 aliphatic carbocycles. The van der Waals surface area contributed by atoms with E-state index in [0.717, 1.165) is 5.52 Å². The SMILES string of the molecule is Cc1cc2ncc3ccccc3c2c(CCl)c1C.[Sn]. The molecule has 3 heteroatoms. The van der Waals surface area contributed by atoms with E-state index in [-0.39, 0.29) is 23.9 Å². The first kappa shape index (κ1) is 14.6. The van der Waals surface area contributed by atoms with Gasteiger partial charge in [0.15, 0.2) is 0 Å². The first-order valence-corrected chi connectivity index (χ1v) is 6.58. The second-order valence-electron chi connectivity index (χ2n) is 4.67. The molecule has 19 heavy (non-hydrogen) atoms. The van der Waals surface area contributed by atoms with E-state index in [2.05, 4.69) is 43.1 Å². The van der Waals surface area contributed by atoms with E-state index >= 15 is 0 Å². The van der Waals surface area contributed by atoms with Gasteiger partial charge in [-0.25, -0.2) is 0 Å². The van der Waals surface area contributed by atoms with Gasteiger partial charge in [-0.2, -0.15) is 0 Å². The summed E-state index contributed by atoms with van der Waals surface area (Å²) in [5.74, 6) is 0.527. The first-order valence-electron chi connectivity index (χ1n) is 6.05. The molecule has 0 atom stereocenters. The molecule has 0 fully saturated rings. The molecule has 1 aromatic heterocycles. The standard InChI is InChI=1S/C16H14ClN.Sn/c1-10-7-15-16(14(8-17)11(10)2)13-6-4-3-5-12(13)9-18-15;/h3-7,9H,8H2,1-2H3;. The number of alkyl halides is 1. The van der Waals surface area contributed by atoms with Crippen molar-refractivity contribution in [3.05, 3.63) is 53.2 Å². The number of halogens is 1. The van der Waals surface area contributed by atoms with Crippen molar-refractivity contribution in [2.24, 2.45) is 0 Å². The predicted octanol–water partition coefficient (Wildman–Crippen LogP) is 4.36. The van der Waals surface area contributed by atoms with Crippen LogP contribution in [0.15, 0.2) is 36.5 Å². The van der Waals surface area contributed by atoms with E-state index in [1.54, 1.807) is 0 Å². The maximum Gasteiger partial charge on any atom is 0.0714 e. The normalized spacial score (nSPS) is 10.7. The largest absolute Gasteiger partial charge is 0.256 e. The van der Waals surface area contributed by atoms with Crippen molar-refractivity contribution in [2.45, 2.75) is 19.7 Å². The van der Waals surface area contributed by atoms with E-state index in [9.17, 15) is 0 Å². The molecule has 0 N–H and O–H groups in total. The smallest absolute Gasteiger partial charge is 0.0714 e. The van der Waals surface area contributed by atoms with Crippen molar-refractivity contribution >= 4 is 57.2 Å². The van der Waals surface area contributed by atoms with E-state index < -0.39 is 0 Å². The fraction of sp³-hybridized carbons (Fsp3) is 0.188. The Morgan fingerprint density at radius 2 is 1.89 bits per heavy atom. The third-order valence-electron chi connectivity index (χ3n) is 3.66. The fourth-order valence-corrected chi connectivity index (χ4v) is 2.85. The summed E-state index contributed by atoms with van der Waals surface area (Å²) in [6, 6.07) is 10.5. The maximum atomic E-state index is 6.16. The molecular formula is C16H14ClNSn. The molecule has 0 unspecified atom stereocenters. The van der Waals surface area contributed by atoms with Gasteiger partial charge in [0.1, 0.15) is 0 Å².